The van der Waals surface area contributed by atoms with Gasteiger partial charge in [-0.2, -0.15) is 0 Å². The van der Waals surface area contributed by atoms with Crippen LogP contribution in [0.15, 0.2) is 0 Å². The zero-order chi connectivity index (χ0) is 11.1. The van der Waals surface area contributed by atoms with E-state index in [0.717, 1.165) is 0 Å². The van der Waals surface area contributed by atoms with Gasteiger partial charge in [0.1, 0.15) is 0 Å². The van der Waals surface area contributed by atoms with E-state index in [4.69, 9.17) is 0 Å². The molecule has 0 aromatic heterocycles. The van der Waals surface area contributed by atoms with Gasteiger partial charge in [0.25, 0.3) is 5.92 Å². The second-order valence-electron chi connectivity index (χ2n) is 5.96. The highest BCUT2D eigenvalue weighted by molar-refractivity contribution is 4.91. The van der Waals surface area contributed by atoms with Crippen LogP contribution in [0.1, 0.15) is 48.5 Å². The summed E-state index contributed by atoms with van der Waals surface area (Å²) >= 11 is 0. The van der Waals surface area contributed by atoms with Crippen LogP contribution < -0.4 is 0 Å². The third kappa shape index (κ3) is 2.65. The summed E-state index contributed by atoms with van der Waals surface area (Å²) in [4.78, 5) is 0. The van der Waals surface area contributed by atoms with E-state index < -0.39 is 17.3 Å². The van der Waals surface area contributed by atoms with Crippen LogP contribution in [0, 0.1) is 16.7 Å². The van der Waals surface area contributed by atoms with Gasteiger partial charge < -0.3 is 0 Å². The van der Waals surface area contributed by atoms with Gasteiger partial charge >= 0.3 is 0 Å². The van der Waals surface area contributed by atoms with Crippen molar-refractivity contribution < 1.29 is 8.78 Å². The van der Waals surface area contributed by atoms with Crippen molar-refractivity contribution in [3.8, 4) is 0 Å². The molecule has 13 heavy (non-hydrogen) atoms. The number of alkyl halides is 2. The van der Waals surface area contributed by atoms with Crippen molar-refractivity contribution in [2.75, 3.05) is 0 Å². The molecule has 0 radical (unpaired) electrons. The Morgan fingerprint density at radius 2 is 1.15 bits per heavy atom. The smallest absolute Gasteiger partial charge is 0.206 e. The third-order valence-corrected chi connectivity index (χ3v) is 2.84. The normalized spacial score (nSPS) is 17.3. The van der Waals surface area contributed by atoms with Crippen molar-refractivity contribution in [2.45, 2.75) is 54.4 Å². The summed E-state index contributed by atoms with van der Waals surface area (Å²) in [5.41, 5.74) is -1.31. The van der Waals surface area contributed by atoms with Gasteiger partial charge in [-0.25, -0.2) is 8.78 Å². The van der Waals surface area contributed by atoms with E-state index in [1.165, 1.54) is 0 Å². The zero-order valence-electron chi connectivity index (χ0n) is 9.83. The van der Waals surface area contributed by atoms with Crippen LogP contribution in [0.2, 0.25) is 0 Å². The highest BCUT2D eigenvalue weighted by atomic mass is 19.3. The molecule has 0 saturated heterocycles. The van der Waals surface area contributed by atoms with Gasteiger partial charge in [0.2, 0.25) is 0 Å². The zero-order valence-corrected chi connectivity index (χ0v) is 9.83. The molecule has 0 fully saturated rings. The van der Waals surface area contributed by atoms with Crippen molar-refractivity contribution >= 4 is 0 Å². The molecule has 2 heteroatoms. The standard InChI is InChI=1S/C11H22F2/c1-8(9(2,3)4)11(12,13)10(5,6)7/h8H,1-7H3. The van der Waals surface area contributed by atoms with Crippen LogP contribution in [0.4, 0.5) is 8.78 Å². The fourth-order valence-corrected chi connectivity index (χ4v) is 1.19. The maximum Gasteiger partial charge on any atom is 0.255 e. The minimum atomic E-state index is -2.62. The summed E-state index contributed by atoms with van der Waals surface area (Å²) in [5.74, 6) is -3.23. The minimum Gasteiger partial charge on any atom is -0.206 e. The van der Waals surface area contributed by atoms with Gasteiger partial charge in [0, 0.05) is 11.3 Å². The Kier molecular flexibility index (Phi) is 3.18. The highest BCUT2D eigenvalue weighted by Crippen LogP contribution is 2.47. The monoisotopic (exact) mass is 192 g/mol. The van der Waals surface area contributed by atoms with Crippen molar-refractivity contribution in [3.05, 3.63) is 0 Å². The molecule has 1 atom stereocenters. The molecular formula is C11H22F2. The predicted molar refractivity (Wildman–Crippen MR) is 53.0 cm³/mol. The molecule has 0 N–H and O–H groups in total. The molecule has 0 heterocycles. The van der Waals surface area contributed by atoms with Crippen molar-refractivity contribution in [1.82, 2.24) is 0 Å². The Labute approximate surface area is 80.7 Å². The molecule has 0 aromatic carbocycles. The molecule has 0 saturated carbocycles. The first kappa shape index (κ1) is 12.9. The molecule has 0 aliphatic carbocycles. The van der Waals surface area contributed by atoms with Crippen LogP contribution in [0.25, 0.3) is 0 Å². The lowest BCUT2D eigenvalue weighted by Crippen LogP contribution is -2.45. The van der Waals surface area contributed by atoms with Crippen LogP contribution in [-0.4, -0.2) is 5.92 Å². The van der Waals surface area contributed by atoms with E-state index in [1.54, 1.807) is 27.7 Å². The Hall–Kier alpha value is -0.140. The van der Waals surface area contributed by atoms with Crippen LogP contribution in [-0.2, 0) is 0 Å². The van der Waals surface area contributed by atoms with Crippen molar-refractivity contribution in [2.24, 2.45) is 16.7 Å². The van der Waals surface area contributed by atoms with E-state index >= 15 is 0 Å². The Balaban J connectivity index is 4.86. The van der Waals surface area contributed by atoms with Crippen LogP contribution in [0.5, 0.6) is 0 Å². The van der Waals surface area contributed by atoms with Crippen LogP contribution >= 0.6 is 0 Å². The summed E-state index contributed by atoms with van der Waals surface area (Å²) in [5, 5.41) is 0. The largest absolute Gasteiger partial charge is 0.255 e. The van der Waals surface area contributed by atoms with Gasteiger partial charge in [-0.1, -0.05) is 48.5 Å². The van der Waals surface area contributed by atoms with Gasteiger partial charge in [-0.3, -0.25) is 0 Å². The Morgan fingerprint density at radius 1 is 0.846 bits per heavy atom. The molecular weight excluding hydrogens is 170 g/mol. The molecule has 0 nitrogen and oxygen atoms in total. The maximum atomic E-state index is 13.8. The lowest BCUT2D eigenvalue weighted by Gasteiger charge is -2.41. The quantitative estimate of drug-likeness (QED) is 0.579. The minimum absolute atomic E-state index is 0.350. The first-order chi connectivity index (χ1) is 5.40. The number of rotatable bonds is 1. The molecule has 0 bridgehead atoms. The van der Waals surface area contributed by atoms with Gasteiger partial charge in [0.15, 0.2) is 0 Å². The average Bonchev–Trinajstić information content (AvgIpc) is 1.81. The maximum absolute atomic E-state index is 13.8. The summed E-state index contributed by atoms with van der Waals surface area (Å²) in [6.45, 7) is 12.0. The van der Waals surface area contributed by atoms with Gasteiger partial charge in [0.05, 0.1) is 0 Å². The molecule has 0 aromatic rings. The predicted octanol–water partition coefficient (Wildman–Crippen LogP) is 4.35. The van der Waals surface area contributed by atoms with Gasteiger partial charge in [-0.15, -0.1) is 0 Å². The molecule has 0 rings (SSSR count). The van der Waals surface area contributed by atoms with E-state index in [0.29, 0.717) is 0 Å². The third-order valence-electron chi connectivity index (χ3n) is 2.84. The first-order valence-electron chi connectivity index (χ1n) is 4.78. The van der Waals surface area contributed by atoms with E-state index in [9.17, 15) is 8.78 Å². The molecule has 1 unspecified atom stereocenters. The van der Waals surface area contributed by atoms with Crippen LogP contribution in [0.3, 0.4) is 0 Å². The molecule has 0 spiro atoms. The highest BCUT2D eigenvalue weighted by Gasteiger charge is 2.51. The lowest BCUT2D eigenvalue weighted by molar-refractivity contribution is -0.164. The number of halogens is 2. The lowest BCUT2D eigenvalue weighted by atomic mass is 9.70. The van der Waals surface area contributed by atoms with E-state index in [1.807, 2.05) is 20.8 Å². The second-order valence-corrected chi connectivity index (χ2v) is 5.96. The van der Waals surface area contributed by atoms with Gasteiger partial charge in [-0.05, 0) is 5.41 Å². The average molecular weight is 192 g/mol. The number of hydrogen-bond acceptors (Lipinski definition) is 0. The molecule has 80 valence electrons. The summed E-state index contributed by atoms with van der Waals surface area (Å²) in [6.07, 6.45) is 0. The Bertz CT molecular complexity index is 170. The summed E-state index contributed by atoms with van der Waals surface area (Å²) in [6, 6.07) is 0. The molecule has 0 aliphatic rings. The van der Waals surface area contributed by atoms with Crippen molar-refractivity contribution in [1.29, 1.82) is 0 Å². The fourth-order valence-electron chi connectivity index (χ4n) is 1.19. The summed E-state index contributed by atoms with van der Waals surface area (Å²) < 4.78 is 27.6. The fraction of sp³-hybridized carbons (Fsp3) is 1.00. The molecule has 0 amide bonds. The van der Waals surface area contributed by atoms with E-state index in [-0.39, 0.29) is 5.41 Å². The SMILES string of the molecule is CC(C(C)(C)C)C(F)(F)C(C)(C)C. The number of hydrogen-bond donors (Lipinski definition) is 0. The topological polar surface area (TPSA) is 0 Å². The van der Waals surface area contributed by atoms with Crippen molar-refractivity contribution in [3.63, 3.8) is 0 Å². The molecule has 0 aliphatic heterocycles. The van der Waals surface area contributed by atoms with E-state index in [2.05, 4.69) is 0 Å². The second kappa shape index (κ2) is 3.21. The first-order valence-corrected chi connectivity index (χ1v) is 4.78. The Morgan fingerprint density at radius 3 is 1.23 bits per heavy atom. The summed E-state index contributed by atoms with van der Waals surface area (Å²) in [7, 11) is 0.